The zero-order valence-electron chi connectivity index (χ0n) is 22.2. The number of benzene rings is 3. The normalized spacial score (nSPS) is 14.5. The van der Waals surface area contributed by atoms with Crippen molar-refractivity contribution in [2.45, 2.75) is 63.1 Å². The van der Waals surface area contributed by atoms with Gasteiger partial charge in [-0.1, -0.05) is 76.8 Å². The van der Waals surface area contributed by atoms with Crippen LogP contribution >= 0.6 is 15.9 Å². The summed E-state index contributed by atoms with van der Waals surface area (Å²) in [5.74, 6) is -0.699. The molecule has 0 aliphatic heterocycles. The molecule has 0 spiro atoms. The molecule has 0 saturated heterocycles. The highest BCUT2D eigenvalue weighted by molar-refractivity contribution is 9.10. The van der Waals surface area contributed by atoms with E-state index in [0.717, 1.165) is 45.6 Å². The smallest absolute Gasteiger partial charge is 0.264 e. The van der Waals surface area contributed by atoms with Gasteiger partial charge in [-0.3, -0.25) is 13.9 Å². The molecule has 2 amide bonds. The highest BCUT2D eigenvalue weighted by Gasteiger charge is 2.33. The molecule has 0 heterocycles. The second-order valence-corrected chi connectivity index (χ2v) is 12.8. The number of hydrogen-bond donors (Lipinski definition) is 1. The Morgan fingerprint density at radius 3 is 2.18 bits per heavy atom. The van der Waals surface area contributed by atoms with Crippen LogP contribution in [0.4, 0.5) is 5.69 Å². The number of nitrogens with zero attached hydrogens (tertiary/aromatic N) is 2. The quantitative estimate of drug-likeness (QED) is 0.331. The van der Waals surface area contributed by atoms with Crippen molar-refractivity contribution in [2.24, 2.45) is 0 Å². The predicted molar refractivity (Wildman–Crippen MR) is 157 cm³/mol. The van der Waals surface area contributed by atoms with E-state index in [2.05, 4.69) is 21.2 Å². The Balaban J connectivity index is 1.66. The van der Waals surface area contributed by atoms with Crippen LogP contribution in [-0.2, 0) is 26.2 Å². The summed E-state index contributed by atoms with van der Waals surface area (Å²) >= 11 is 3.39. The fraction of sp³-hybridized carbons (Fsp3) is 0.333. The van der Waals surface area contributed by atoms with Gasteiger partial charge in [-0.25, -0.2) is 8.42 Å². The molecule has 1 atom stereocenters. The SMILES string of the molecule is Cc1ccc(CN(C(=O)CN(c2ccc(Br)cc2)S(=O)(=O)c2ccccc2)[C@H](C)C(=O)NC2CCCC2)cc1. The van der Waals surface area contributed by atoms with Gasteiger partial charge in [0.1, 0.15) is 12.6 Å². The fourth-order valence-corrected chi connectivity index (χ4v) is 6.42. The Bertz CT molecular complexity index is 1370. The fourth-order valence-electron chi connectivity index (χ4n) is 4.72. The van der Waals surface area contributed by atoms with Gasteiger partial charge in [-0.2, -0.15) is 0 Å². The molecular formula is C30H34BrN3O4S. The van der Waals surface area contributed by atoms with Gasteiger partial charge in [-0.15, -0.1) is 0 Å². The molecule has 1 N–H and O–H groups in total. The molecule has 0 bridgehead atoms. The summed E-state index contributed by atoms with van der Waals surface area (Å²) in [6.45, 7) is 3.41. The lowest BCUT2D eigenvalue weighted by atomic mass is 10.1. The molecule has 1 saturated carbocycles. The average molecular weight is 613 g/mol. The second kappa shape index (κ2) is 12.8. The molecule has 1 aliphatic carbocycles. The standard InChI is InChI=1S/C30H34BrN3O4S/c1-22-12-14-24(15-13-22)20-33(23(2)30(36)32-26-8-6-7-9-26)29(35)21-34(27-18-16-25(31)17-19-27)39(37,38)28-10-4-3-5-11-28/h3-5,10-19,23,26H,6-9,20-21H2,1-2H3,(H,32,36)/t23-/m1/s1. The number of sulfonamides is 1. The van der Waals surface area contributed by atoms with Crippen molar-refractivity contribution in [2.75, 3.05) is 10.8 Å². The Morgan fingerprint density at radius 1 is 0.949 bits per heavy atom. The third-order valence-electron chi connectivity index (χ3n) is 7.07. The lowest BCUT2D eigenvalue weighted by molar-refractivity contribution is -0.139. The summed E-state index contributed by atoms with van der Waals surface area (Å²) < 4.78 is 29.4. The molecule has 1 aliphatic rings. The topological polar surface area (TPSA) is 86.8 Å². The van der Waals surface area contributed by atoms with Crippen LogP contribution in [0.2, 0.25) is 0 Å². The summed E-state index contributed by atoms with van der Waals surface area (Å²) in [7, 11) is -4.07. The molecule has 0 aromatic heterocycles. The van der Waals surface area contributed by atoms with Gasteiger partial charge < -0.3 is 10.2 Å². The summed E-state index contributed by atoms with van der Waals surface area (Å²) in [4.78, 5) is 28.8. The number of hydrogen-bond acceptors (Lipinski definition) is 4. The average Bonchev–Trinajstić information content (AvgIpc) is 3.45. The first-order chi connectivity index (χ1) is 18.6. The highest BCUT2D eigenvalue weighted by Crippen LogP contribution is 2.26. The van der Waals surface area contributed by atoms with Crippen molar-refractivity contribution in [3.63, 3.8) is 0 Å². The largest absolute Gasteiger partial charge is 0.352 e. The minimum atomic E-state index is -4.07. The third kappa shape index (κ3) is 7.28. The van der Waals surface area contributed by atoms with Crippen molar-refractivity contribution >= 4 is 43.5 Å². The lowest BCUT2D eigenvalue weighted by Gasteiger charge is -2.32. The van der Waals surface area contributed by atoms with Crippen molar-refractivity contribution in [1.82, 2.24) is 10.2 Å². The van der Waals surface area contributed by atoms with E-state index in [0.29, 0.717) is 5.69 Å². The maximum absolute atomic E-state index is 14.0. The first kappa shape index (κ1) is 28.8. The Hall–Kier alpha value is -3.17. The molecule has 4 rings (SSSR count). The monoisotopic (exact) mass is 611 g/mol. The summed E-state index contributed by atoms with van der Waals surface area (Å²) in [6.07, 6.45) is 4.00. The zero-order valence-corrected chi connectivity index (χ0v) is 24.6. The number of carbonyl (C=O) groups excluding carboxylic acids is 2. The van der Waals surface area contributed by atoms with E-state index >= 15 is 0 Å². The van der Waals surface area contributed by atoms with Crippen LogP contribution in [0.1, 0.15) is 43.7 Å². The van der Waals surface area contributed by atoms with E-state index in [1.165, 1.54) is 17.0 Å². The predicted octanol–water partition coefficient (Wildman–Crippen LogP) is 5.43. The maximum Gasteiger partial charge on any atom is 0.264 e. The number of amides is 2. The van der Waals surface area contributed by atoms with Crippen LogP contribution in [0, 0.1) is 6.92 Å². The van der Waals surface area contributed by atoms with Crippen LogP contribution in [0.15, 0.2) is 88.2 Å². The molecule has 206 valence electrons. The van der Waals surface area contributed by atoms with Gasteiger partial charge in [0, 0.05) is 17.1 Å². The zero-order chi connectivity index (χ0) is 28.0. The number of halogens is 1. The Morgan fingerprint density at radius 2 is 1.56 bits per heavy atom. The third-order valence-corrected chi connectivity index (χ3v) is 9.38. The highest BCUT2D eigenvalue weighted by atomic mass is 79.9. The molecule has 3 aromatic rings. The maximum atomic E-state index is 14.0. The molecule has 9 heteroatoms. The van der Waals surface area contributed by atoms with Gasteiger partial charge in [0.25, 0.3) is 10.0 Å². The number of anilines is 1. The summed E-state index contributed by atoms with van der Waals surface area (Å²) in [6, 6.07) is 21.9. The van der Waals surface area contributed by atoms with Crippen LogP contribution < -0.4 is 9.62 Å². The van der Waals surface area contributed by atoms with Gasteiger partial charge in [0.15, 0.2) is 0 Å². The molecule has 0 radical (unpaired) electrons. The van der Waals surface area contributed by atoms with E-state index in [1.54, 1.807) is 49.4 Å². The first-order valence-corrected chi connectivity index (χ1v) is 15.4. The lowest BCUT2D eigenvalue weighted by Crippen LogP contribution is -2.52. The first-order valence-electron chi connectivity index (χ1n) is 13.1. The van der Waals surface area contributed by atoms with Crippen LogP contribution in [-0.4, -0.2) is 43.8 Å². The van der Waals surface area contributed by atoms with E-state index < -0.39 is 28.5 Å². The van der Waals surface area contributed by atoms with Gasteiger partial charge in [-0.05, 0) is 68.7 Å². The van der Waals surface area contributed by atoms with E-state index in [9.17, 15) is 18.0 Å². The van der Waals surface area contributed by atoms with E-state index in [-0.39, 0.29) is 23.4 Å². The number of nitrogens with one attached hydrogen (secondary N) is 1. The Labute approximate surface area is 239 Å². The van der Waals surface area contributed by atoms with Gasteiger partial charge in [0.2, 0.25) is 11.8 Å². The van der Waals surface area contributed by atoms with Gasteiger partial charge >= 0.3 is 0 Å². The number of aryl methyl sites for hydroxylation is 1. The van der Waals surface area contributed by atoms with Gasteiger partial charge in [0.05, 0.1) is 10.6 Å². The summed E-state index contributed by atoms with van der Waals surface area (Å²) in [5, 5.41) is 3.09. The molecule has 1 fully saturated rings. The van der Waals surface area contributed by atoms with E-state index in [4.69, 9.17) is 0 Å². The van der Waals surface area contributed by atoms with Crippen molar-refractivity contribution in [3.8, 4) is 0 Å². The van der Waals surface area contributed by atoms with E-state index in [1.807, 2.05) is 31.2 Å². The van der Waals surface area contributed by atoms with Crippen molar-refractivity contribution in [1.29, 1.82) is 0 Å². The number of rotatable bonds is 10. The molecule has 39 heavy (non-hydrogen) atoms. The van der Waals surface area contributed by atoms with Crippen LogP contribution in [0.3, 0.4) is 0 Å². The minimum absolute atomic E-state index is 0.0813. The second-order valence-electron chi connectivity index (χ2n) is 9.97. The summed E-state index contributed by atoms with van der Waals surface area (Å²) in [5.41, 5.74) is 2.29. The number of carbonyl (C=O) groups is 2. The van der Waals surface area contributed by atoms with Crippen LogP contribution in [0.5, 0.6) is 0 Å². The van der Waals surface area contributed by atoms with Crippen LogP contribution in [0.25, 0.3) is 0 Å². The molecular weight excluding hydrogens is 578 g/mol. The molecule has 3 aromatic carbocycles. The van der Waals surface area contributed by atoms with Crippen molar-refractivity contribution in [3.05, 3.63) is 94.5 Å². The minimum Gasteiger partial charge on any atom is -0.352 e. The molecule has 7 nitrogen and oxygen atoms in total. The molecule has 0 unspecified atom stereocenters. The van der Waals surface area contributed by atoms with Crippen molar-refractivity contribution < 1.29 is 18.0 Å². The Kier molecular flexibility index (Phi) is 9.45.